The van der Waals surface area contributed by atoms with E-state index in [9.17, 15) is 4.79 Å². The molecule has 0 radical (unpaired) electrons. The molecule has 1 heterocycles. The van der Waals surface area contributed by atoms with E-state index in [1.54, 1.807) is 0 Å². The van der Waals surface area contributed by atoms with E-state index >= 15 is 0 Å². The molecule has 2 rings (SSSR count). The molecular formula is C15H23ClN2O2. The van der Waals surface area contributed by atoms with Crippen molar-refractivity contribution in [2.24, 2.45) is 0 Å². The fourth-order valence-corrected chi connectivity index (χ4v) is 2.30. The molecule has 20 heavy (non-hydrogen) atoms. The Kier molecular flexibility index (Phi) is 7.41. The maximum Gasteiger partial charge on any atom is 0.237 e. The summed E-state index contributed by atoms with van der Waals surface area (Å²) in [6.45, 7) is 4.11. The number of ether oxygens (including phenoxy) is 1. The van der Waals surface area contributed by atoms with Crippen LogP contribution in [0, 0.1) is 0 Å². The number of hydrogen-bond donors (Lipinski definition) is 2. The van der Waals surface area contributed by atoms with E-state index in [-0.39, 0.29) is 24.4 Å². The molecule has 0 saturated carbocycles. The quantitative estimate of drug-likeness (QED) is 0.877. The van der Waals surface area contributed by atoms with Crippen LogP contribution in [-0.4, -0.2) is 25.1 Å². The number of amides is 1. The molecule has 1 saturated heterocycles. The van der Waals surface area contributed by atoms with Crippen LogP contribution in [0.1, 0.15) is 31.7 Å². The minimum atomic E-state index is -0.0242. The lowest BCUT2D eigenvalue weighted by molar-refractivity contribution is -0.123. The summed E-state index contributed by atoms with van der Waals surface area (Å²) in [6, 6.07) is 7.82. The molecule has 1 aliphatic heterocycles. The molecular weight excluding hydrogens is 276 g/mol. The maximum absolute atomic E-state index is 12.0. The Morgan fingerprint density at radius 3 is 3.00 bits per heavy atom. The Hall–Kier alpha value is -1.26. The van der Waals surface area contributed by atoms with Crippen LogP contribution in [0.2, 0.25) is 0 Å². The lowest BCUT2D eigenvalue weighted by Crippen LogP contribution is -2.46. The highest BCUT2D eigenvalue weighted by Gasteiger charge is 2.19. The molecule has 1 amide bonds. The van der Waals surface area contributed by atoms with Crippen molar-refractivity contribution in [3.05, 3.63) is 29.8 Å². The first kappa shape index (κ1) is 16.8. The normalized spacial score (nSPS) is 17.9. The third-order valence-corrected chi connectivity index (χ3v) is 3.30. The lowest BCUT2D eigenvalue weighted by atomic mass is 10.0. The number of carbonyl (C=O) groups is 1. The van der Waals surface area contributed by atoms with Gasteiger partial charge in [0, 0.05) is 6.54 Å². The summed E-state index contributed by atoms with van der Waals surface area (Å²) in [5.74, 6) is 0.951. The molecule has 5 heteroatoms. The molecule has 112 valence electrons. The SMILES string of the molecule is CCOc1cccc(CNC(=O)[C@H]2CCCCN2)c1.Cl. The predicted octanol–water partition coefficient (Wildman–Crippen LogP) is 2.27. The molecule has 2 N–H and O–H groups in total. The molecule has 1 fully saturated rings. The number of rotatable bonds is 5. The van der Waals surface area contributed by atoms with Gasteiger partial charge in [-0.1, -0.05) is 18.6 Å². The van der Waals surface area contributed by atoms with Crippen LogP contribution >= 0.6 is 12.4 Å². The second-order valence-corrected chi connectivity index (χ2v) is 4.80. The first-order valence-corrected chi connectivity index (χ1v) is 7.02. The zero-order valence-corrected chi connectivity index (χ0v) is 12.7. The van der Waals surface area contributed by atoms with Crippen LogP contribution in [0.4, 0.5) is 0 Å². The molecule has 1 aromatic carbocycles. The molecule has 1 aromatic rings. The Bertz CT molecular complexity index is 420. The number of halogens is 1. The smallest absolute Gasteiger partial charge is 0.237 e. The van der Waals surface area contributed by atoms with Crippen molar-refractivity contribution in [3.8, 4) is 5.75 Å². The standard InChI is InChI=1S/C15H22N2O2.ClH/c1-2-19-13-7-5-6-12(10-13)11-17-15(18)14-8-3-4-9-16-14;/h5-7,10,14,16H,2-4,8-9,11H2,1H3,(H,17,18);1H/t14-;/m1./s1. The Morgan fingerprint density at radius 1 is 1.45 bits per heavy atom. The van der Waals surface area contributed by atoms with Crippen molar-refractivity contribution >= 4 is 18.3 Å². The fourth-order valence-electron chi connectivity index (χ4n) is 2.30. The maximum atomic E-state index is 12.0. The van der Waals surface area contributed by atoms with Crippen LogP contribution < -0.4 is 15.4 Å². The van der Waals surface area contributed by atoms with Crippen molar-refractivity contribution in [2.45, 2.75) is 38.8 Å². The van der Waals surface area contributed by atoms with Gasteiger partial charge in [0.05, 0.1) is 12.6 Å². The monoisotopic (exact) mass is 298 g/mol. The van der Waals surface area contributed by atoms with Gasteiger partial charge < -0.3 is 15.4 Å². The average molecular weight is 299 g/mol. The summed E-state index contributed by atoms with van der Waals surface area (Å²) in [7, 11) is 0. The van der Waals surface area contributed by atoms with Crippen LogP contribution in [0.15, 0.2) is 24.3 Å². The van der Waals surface area contributed by atoms with Gasteiger partial charge in [0.25, 0.3) is 0 Å². The van der Waals surface area contributed by atoms with E-state index in [4.69, 9.17) is 4.74 Å². The second kappa shape index (κ2) is 8.82. The highest BCUT2D eigenvalue weighted by atomic mass is 35.5. The predicted molar refractivity (Wildman–Crippen MR) is 82.3 cm³/mol. The molecule has 0 spiro atoms. The molecule has 1 atom stereocenters. The van der Waals surface area contributed by atoms with Crippen LogP contribution in [-0.2, 0) is 11.3 Å². The van der Waals surface area contributed by atoms with Crippen molar-refractivity contribution in [1.82, 2.24) is 10.6 Å². The third kappa shape index (κ3) is 5.02. The summed E-state index contributed by atoms with van der Waals surface area (Å²) < 4.78 is 5.44. The zero-order valence-electron chi connectivity index (χ0n) is 11.9. The fraction of sp³-hybridized carbons (Fsp3) is 0.533. The molecule has 0 bridgehead atoms. The number of carbonyl (C=O) groups excluding carboxylic acids is 1. The van der Waals surface area contributed by atoms with Gasteiger partial charge in [0.1, 0.15) is 5.75 Å². The largest absolute Gasteiger partial charge is 0.494 e. The molecule has 0 unspecified atom stereocenters. The van der Waals surface area contributed by atoms with Crippen molar-refractivity contribution in [3.63, 3.8) is 0 Å². The summed E-state index contributed by atoms with van der Waals surface area (Å²) >= 11 is 0. The highest BCUT2D eigenvalue weighted by Crippen LogP contribution is 2.13. The van der Waals surface area contributed by atoms with Gasteiger partial charge in [0.15, 0.2) is 0 Å². The first-order chi connectivity index (χ1) is 9.29. The third-order valence-electron chi connectivity index (χ3n) is 3.30. The minimum Gasteiger partial charge on any atom is -0.494 e. The van der Waals surface area contributed by atoms with Crippen molar-refractivity contribution < 1.29 is 9.53 Å². The summed E-state index contributed by atoms with van der Waals surface area (Å²) in [5.41, 5.74) is 1.06. The molecule has 0 aromatic heterocycles. The van der Waals surface area contributed by atoms with Crippen molar-refractivity contribution in [1.29, 1.82) is 0 Å². The number of piperidine rings is 1. The molecule has 0 aliphatic carbocycles. The lowest BCUT2D eigenvalue weighted by Gasteiger charge is -2.22. The zero-order chi connectivity index (χ0) is 13.5. The Morgan fingerprint density at radius 2 is 2.30 bits per heavy atom. The molecule has 1 aliphatic rings. The molecule has 4 nitrogen and oxygen atoms in total. The highest BCUT2D eigenvalue weighted by molar-refractivity contribution is 5.85. The van der Waals surface area contributed by atoms with Crippen LogP contribution in [0.25, 0.3) is 0 Å². The van der Waals surface area contributed by atoms with Gasteiger partial charge in [-0.05, 0) is 44.0 Å². The van der Waals surface area contributed by atoms with Crippen molar-refractivity contribution in [2.75, 3.05) is 13.2 Å². The van der Waals surface area contributed by atoms with E-state index in [1.807, 2.05) is 31.2 Å². The van der Waals surface area contributed by atoms with Gasteiger partial charge in [0.2, 0.25) is 5.91 Å². The topological polar surface area (TPSA) is 50.4 Å². The van der Waals surface area contributed by atoms with E-state index in [0.717, 1.165) is 30.7 Å². The van der Waals surface area contributed by atoms with Gasteiger partial charge >= 0.3 is 0 Å². The van der Waals surface area contributed by atoms with Gasteiger partial charge in [-0.25, -0.2) is 0 Å². The Balaban J connectivity index is 0.00000200. The van der Waals surface area contributed by atoms with Gasteiger partial charge in [-0.3, -0.25) is 4.79 Å². The van der Waals surface area contributed by atoms with E-state index in [1.165, 1.54) is 6.42 Å². The number of hydrogen-bond acceptors (Lipinski definition) is 3. The van der Waals surface area contributed by atoms with Crippen LogP contribution in [0.5, 0.6) is 5.75 Å². The van der Waals surface area contributed by atoms with E-state index in [0.29, 0.717) is 13.2 Å². The van der Waals surface area contributed by atoms with Gasteiger partial charge in [-0.2, -0.15) is 0 Å². The summed E-state index contributed by atoms with van der Waals surface area (Å²) in [4.78, 5) is 12.0. The Labute approximate surface area is 126 Å². The second-order valence-electron chi connectivity index (χ2n) is 4.80. The first-order valence-electron chi connectivity index (χ1n) is 7.02. The minimum absolute atomic E-state index is 0. The van der Waals surface area contributed by atoms with E-state index in [2.05, 4.69) is 10.6 Å². The average Bonchev–Trinajstić information content (AvgIpc) is 2.46. The van der Waals surface area contributed by atoms with Crippen LogP contribution in [0.3, 0.4) is 0 Å². The van der Waals surface area contributed by atoms with Gasteiger partial charge in [-0.15, -0.1) is 12.4 Å². The number of benzene rings is 1. The summed E-state index contributed by atoms with van der Waals surface area (Å²) in [6.07, 6.45) is 3.23. The summed E-state index contributed by atoms with van der Waals surface area (Å²) in [5, 5.41) is 6.23. The van der Waals surface area contributed by atoms with E-state index < -0.39 is 0 Å². The number of nitrogens with one attached hydrogen (secondary N) is 2.